The van der Waals surface area contributed by atoms with Crippen LogP contribution in [-0.2, 0) is 0 Å². The second kappa shape index (κ2) is 5.04. The van der Waals surface area contributed by atoms with E-state index in [1.54, 1.807) is 24.3 Å². The van der Waals surface area contributed by atoms with E-state index in [4.69, 9.17) is 4.42 Å². The zero-order chi connectivity index (χ0) is 13.1. The van der Waals surface area contributed by atoms with Crippen LogP contribution >= 0.6 is 0 Å². The van der Waals surface area contributed by atoms with E-state index >= 15 is 0 Å². The quantitative estimate of drug-likeness (QED) is 0.844. The molecule has 0 radical (unpaired) electrons. The highest BCUT2D eigenvalue weighted by atomic mass is 16.4. The summed E-state index contributed by atoms with van der Waals surface area (Å²) >= 11 is 0. The molecule has 1 N–H and O–H groups in total. The minimum Gasteiger partial charge on any atom is -0.423 e. The summed E-state index contributed by atoms with van der Waals surface area (Å²) in [5.41, 5.74) is 0.512. The zero-order valence-corrected chi connectivity index (χ0v) is 10.4. The van der Waals surface area contributed by atoms with Crippen molar-refractivity contribution in [3.8, 4) is 0 Å². The Morgan fingerprint density at radius 1 is 1.33 bits per heavy atom. The van der Waals surface area contributed by atoms with E-state index in [0.29, 0.717) is 11.1 Å². The minimum atomic E-state index is -0.415. The SMILES string of the molecule is CCC(C)NC(=O)c1ccc2ccc(=O)oc2c1. The van der Waals surface area contributed by atoms with Gasteiger partial charge in [-0.2, -0.15) is 0 Å². The molecule has 1 aromatic carbocycles. The summed E-state index contributed by atoms with van der Waals surface area (Å²) in [6, 6.07) is 8.24. The molecular weight excluding hydrogens is 230 g/mol. The van der Waals surface area contributed by atoms with Gasteiger partial charge in [0.15, 0.2) is 0 Å². The van der Waals surface area contributed by atoms with Crippen molar-refractivity contribution in [1.82, 2.24) is 5.32 Å². The molecule has 4 nitrogen and oxygen atoms in total. The lowest BCUT2D eigenvalue weighted by Crippen LogP contribution is -2.31. The number of rotatable bonds is 3. The predicted octanol–water partition coefficient (Wildman–Crippen LogP) is 2.32. The first kappa shape index (κ1) is 12.4. The second-order valence-corrected chi connectivity index (χ2v) is 4.29. The van der Waals surface area contributed by atoms with Crippen molar-refractivity contribution in [2.45, 2.75) is 26.3 Å². The normalized spacial score (nSPS) is 12.3. The van der Waals surface area contributed by atoms with Crippen LogP contribution in [0.4, 0.5) is 0 Å². The van der Waals surface area contributed by atoms with Gasteiger partial charge in [0.05, 0.1) is 0 Å². The van der Waals surface area contributed by atoms with E-state index < -0.39 is 5.63 Å². The van der Waals surface area contributed by atoms with Gasteiger partial charge in [-0.25, -0.2) is 4.79 Å². The van der Waals surface area contributed by atoms with Crippen molar-refractivity contribution in [1.29, 1.82) is 0 Å². The molecule has 18 heavy (non-hydrogen) atoms. The molecule has 94 valence electrons. The van der Waals surface area contributed by atoms with Crippen LogP contribution in [0.25, 0.3) is 11.0 Å². The summed E-state index contributed by atoms with van der Waals surface area (Å²) in [4.78, 5) is 23.0. The third-order valence-corrected chi connectivity index (χ3v) is 2.88. The highest BCUT2D eigenvalue weighted by molar-refractivity contribution is 5.97. The Morgan fingerprint density at radius 2 is 2.06 bits per heavy atom. The third kappa shape index (κ3) is 2.59. The molecule has 0 saturated carbocycles. The number of hydrogen-bond acceptors (Lipinski definition) is 3. The van der Waals surface area contributed by atoms with Crippen molar-refractivity contribution < 1.29 is 9.21 Å². The lowest BCUT2D eigenvalue weighted by molar-refractivity contribution is 0.0939. The Hall–Kier alpha value is -2.10. The highest BCUT2D eigenvalue weighted by Gasteiger charge is 2.09. The first-order chi connectivity index (χ1) is 8.60. The van der Waals surface area contributed by atoms with Crippen LogP contribution in [-0.4, -0.2) is 11.9 Å². The summed E-state index contributed by atoms with van der Waals surface area (Å²) in [6.07, 6.45) is 0.869. The molecule has 0 aliphatic heterocycles. The molecule has 2 rings (SSSR count). The molecule has 0 saturated heterocycles. The Bertz CT molecular complexity index is 630. The number of fused-ring (bicyclic) bond motifs is 1. The fourth-order valence-corrected chi connectivity index (χ4v) is 1.61. The van der Waals surface area contributed by atoms with E-state index in [-0.39, 0.29) is 11.9 Å². The van der Waals surface area contributed by atoms with Gasteiger partial charge in [0.25, 0.3) is 5.91 Å². The van der Waals surface area contributed by atoms with Gasteiger partial charge < -0.3 is 9.73 Å². The molecule has 0 spiro atoms. The Labute approximate surface area is 105 Å². The van der Waals surface area contributed by atoms with Crippen molar-refractivity contribution in [2.24, 2.45) is 0 Å². The maximum absolute atomic E-state index is 11.9. The van der Waals surface area contributed by atoms with Crippen LogP contribution in [0.5, 0.6) is 0 Å². The lowest BCUT2D eigenvalue weighted by Gasteiger charge is -2.11. The van der Waals surface area contributed by atoms with Crippen LogP contribution < -0.4 is 10.9 Å². The molecule has 0 aliphatic carbocycles. The maximum Gasteiger partial charge on any atom is 0.336 e. The third-order valence-electron chi connectivity index (χ3n) is 2.88. The first-order valence-corrected chi connectivity index (χ1v) is 5.95. The fraction of sp³-hybridized carbons (Fsp3) is 0.286. The van der Waals surface area contributed by atoms with Gasteiger partial charge in [0.2, 0.25) is 0 Å². The lowest BCUT2D eigenvalue weighted by atomic mass is 10.1. The van der Waals surface area contributed by atoms with Gasteiger partial charge in [-0.15, -0.1) is 0 Å². The Morgan fingerprint density at radius 3 is 2.78 bits per heavy atom. The van der Waals surface area contributed by atoms with E-state index in [2.05, 4.69) is 5.32 Å². The van der Waals surface area contributed by atoms with Crippen LogP contribution in [0.3, 0.4) is 0 Å². The van der Waals surface area contributed by atoms with Crippen LogP contribution in [0.2, 0.25) is 0 Å². The summed E-state index contributed by atoms with van der Waals surface area (Å²) in [7, 11) is 0. The highest BCUT2D eigenvalue weighted by Crippen LogP contribution is 2.14. The van der Waals surface area contributed by atoms with E-state index in [0.717, 1.165) is 11.8 Å². The van der Waals surface area contributed by atoms with Gasteiger partial charge >= 0.3 is 5.63 Å². The van der Waals surface area contributed by atoms with E-state index in [9.17, 15) is 9.59 Å². The van der Waals surface area contributed by atoms with Gasteiger partial charge in [0.1, 0.15) is 5.58 Å². The number of nitrogens with one attached hydrogen (secondary N) is 1. The number of carbonyl (C=O) groups excluding carboxylic acids is 1. The second-order valence-electron chi connectivity index (χ2n) is 4.29. The molecule has 0 bridgehead atoms. The molecule has 1 amide bonds. The summed E-state index contributed by atoms with van der Waals surface area (Å²) in [5.74, 6) is -0.155. The standard InChI is InChI=1S/C14H15NO3/c1-3-9(2)15-14(17)11-5-4-10-6-7-13(16)18-12(10)8-11/h4-9H,3H2,1-2H3,(H,15,17). The van der Waals surface area contributed by atoms with Gasteiger partial charge in [-0.05, 0) is 31.5 Å². The average molecular weight is 245 g/mol. The Kier molecular flexibility index (Phi) is 3.46. The first-order valence-electron chi connectivity index (χ1n) is 5.95. The number of benzene rings is 1. The monoisotopic (exact) mass is 245 g/mol. The van der Waals surface area contributed by atoms with Crippen molar-refractivity contribution in [3.63, 3.8) is 0 Å². The number of amides is 1. The van der Waals surface area contributed by atoms with Crippen LogP contribution in [0, 0.1) is 0 Å². The van der Waals surface area contributed by atoms with Crippen LogP contribution in [0.1, 0.15) is 30.6 Å². The molecule has 1 heterocycles. The van der Waals surface area contributed by atoms with E-state index in [1.165, 1.54) is 6.07 Å². The van der Waals surface area contributed by atoms with Gasteiger partial charge in [-0.3, -0.25) is 4.79 Å². The zero-order valence-electron chi connectivity index (χ0n) is 10.4. The number of hydrogen-bond donors (Lipinski definition) is 1. The average Bonchev–Trinajstić information content (AvgIpc) is 2.37. The smallest absolute Gasteiger partial charge is 0.336 e. The van der Waals surface area contributed by atoms with Gasteiger partial charge in [-0.1, -0.05) is 13.0 Å². The Balaban J connectivity index is 2.34. The van der Waals surface area contributed by atoms with Crippen molar-refractivity contribution >= 4 is 16.9 Å². The molecule has 4 heteroatoms. The van der Waals surface area contributed by atoms with E-state index in [1.807, 2.05) is 13.8 Å². The molecular formula is C14H15NO3. The summed E-state index contributed by atoms with van der Waals surface area (Å²) in [6.45, 7) is 3.95. The number of carbonyl (C=O) groups is 1. The predicted molar refractivity (Wildman–Crippen MR) is 69.7 cm³/mol. The van der Waals surface area contributed by atoms with Gasteiger partial charge in [0, 0.05) is 23.1 Å². The molecule has 0 fully saturated rings. The van der Waals surface area contributed by atoms with Crippen LogP contribution in [0.15, 0.2) is 39.5 Å². The molecule has 1 aromatic heterocycles. The maximum atomic E-state index is 11.9. The largest absolute Gasteiger partial charge is 0.423 e. The summed E-state index contributed by atoms with van der Waals surface area (Å²) < 4.78 is 5.05. The summed E-state index contributed by atoms with van der Waals surface area (Å²) in [5, 5.41) is 3.67. The molecule has 1 unspecified atom stereocenters. The fourth-order valence-electron chi connectivity index (χ4n) is 1.61. The molecule has 2 aromatic rings. The molecule has 0 aliphatic rings. The van der Waals surface area contributed by atoms with Crippen molar-refractivity contribution in [2.75, 3.05) is 0 Å². The minimum absolute atomic E-state index is 0.121. The van der Waals surface area contributed by atoms with Crippen molar-refractivity contribution in [3.05, 3.63) is 46.3 Å². The molecule has 1 atom stereocenters. The topological polar surface area (TPSA) is 59.3 Å².